The van der Waals surface area contributed by atoms with Crippen LogP contribution in [0, 0.1) is 0 Å². The number of hydrogen-bond donors (Lipinski definition) is 2. The molecule has 0 aliphatic carbocycles. The third kappa shape index (κ3) is 16.8. The molecule has 0 radical (unpaired) electrons. The Labute approximate surface area is 39.2 Å². The van der Waals surface area contributed by atoms with Crippen LogP contribution in [0.15, 0.2) is 0 Å². The first kappa shape index (κ1) is 22.7. The van der Waals surface area contributed by atoms with Gasteiger partial charge in [-0.25, -0.2) is 0 Å². The van der Waals surface area contributed by atoms with Gasteiger partial charge in [-0.1, -0.05) is 0 Å². The SMILES string of the molecule is CS.N.S. The summed E-state index contributed by atoms with van der Waals surface area (Å²) >= 11 is 3.53. The Hall–Kier alpha value is 0.660. The summed E-state index contributed by atoms with van der Waals surface area (Å²) in [6, 6.07) is 0. The molecule has 0 heterocycles. The van der Waals surface area contributed by atoms with Crippen LogP contribution in [0.25, 0.3) is 0 Å². The molecular formula is CH9NS2. The van der Waals surface area contributed by atoms with E-state index in [9.17, 15) is 0 Å². The molecule has 3 heteroatoms. The summed E-state index contributed by atoms with van der Waals surface area (Å²) < 4.78 is 0. The predicted molar refractivity (Wildman–Crippen MR) is 30.3 cm³/mol. The zero-order valence-electron chi connectivity index (χ0n) is 2.65. The summed E-state index contributed by atoms with van der Waals surface area (Å²) in [5.41, 5.74) is 0. The van der Waals surface area contributed by atoms with Crippen LogP contribution in [0.3, 0.4) is 0 Å². The van der Waals surface area contributed by atoms with Crippen molar-refractivity contribution in [2.75, 3.05) is 6.26 Å². The van der Waals surface area contributed by atoms with Crippen LogP contribution in [0.2, 0.25) is 0 Å². The van der Waals surface area contributed by atoms with Gasteiger partial charge in [-0.2, -0.15) is 26.1 Å². The molecule has 0 aliphatic heterocycles. The molecule has 0 saturated heterocycles. The van der Waals surface area contributed by atoms with Crippen molar-refractivity contribution in [2.24, 2.45) is 0 Å². The third-order valence-electron chi connectivity index (χ3n) is 0. The van der Waals surface area contributed by atoms with E-state index in [0.29, 0.717) is 0 Å². The van der Waals surface area contributed by atoms with Gasteiger partial charge >= 0.3 is 0 Å². The summed E-state index contributed by atoms with van der Waals surface area (Å²) in [7, 11) is 0. The molecule has 0 spiro atoms. The molecule has 1 nitrogen and oxygen atoms in total. The number of rotatable bonds is 0. The molecule has 30 valence electrons. The van der Waals surface area contributed by atoms with Crippen molar-refractivity contribution >= 4 is 26.1 Å². The Morgan fingerprint density at radius 1 is 1.25 bits per heavy atom. The normalized spacial score (nSPS) is 1.50. The highest BCUT2D eigenvalue weighted by molar-refractivity contribution is 7.79. The molecule has 3 N–H and O–H groups in total. The van der Waals surface area contributed by atoms with Crippen LogP contribution in [0.4, 0.5) is 0 Å². The lowest BCUT2D eigenvalue weighted by molar-refractivity contribution is 2.13. The van der Waals surface area contributed by atoms with Crippen molar-refractivity contribution < 1.29 is 0 Å². The van der Waals surface area contributed by atoms with Gasteiger partial charge in [0.05, 0.1) is 0 Å². The van der Waals surface area contributed by atoms with Crippen molar-refractivity contribution in [3.05, 3.63) is 0 Å². The highest BCUT2D eigenvalue weighted by atomic mass is 32.1. The predicted octanol–water partition coefficient (Wildman–Crippen LogP) is 0.821. The van der Waals surface area contributed by atoms with Gasteiger partial charge in [0.15, 0.2) is 0 Å². The third-order valence-corrected chi connectivity index (χ3v) is 0. The van der Waals surface area contributed by atoms with Gasteiger partial charge in [-0.15, -0.1) is 0 Å². The van der Waals surface area contributed by atoms with Crippen LogP contribution < -0.4 is 6.15 Å². The van der Waals surface area contributed by atoms with Crippen molar-refractivity contribution in [3.8, 4) is 0 Å². The maximum absolute atomic E-state index is 3.53. The van der Waals surface area contributed by atoms with E-state index in [-0.39, 0.29) is 19.6 Å². The lowest BCUT2D eigenvalue weighted by Gasteiger charge is -1.11. The molecule has 0 amide bonds. The minimum absolute atomic E-state index is 0. The summed E-state index contributed by atoms with van der Waals surface area (Å²) in [6.45, 7) is 0. The van der Waals surface area contributed by atoms with E-state index in [4.69, 9.17) is 0 Å². The van der Waals surface area contributed by atoms with Crippen LogP contribution in [-0.2, 0) is 0 Å². The first-order chi connectivity index (χ1) is 1.00. The molecule has 0 aromatic carbocycles. The second kappa shape index (κ2) is 59.5. The molecule has 0 aromatic heterocycles. The maximum Gasteiger partial charge on any atom is -0.0215 e. The lowest BCUT2D eigenvalue weighted by atomic mass is 12.0. The quantitative estimate of drug-likeness (QED) is 0.433. The van der Waals surface area contributed by atoms with Crippen LogP contribution >= 0.6 is 26.1 Å². The minimum Gasteiger partial charge on any atom is -0.344 e. The molecule has 0 aromatic rings. The zero-order valence-corrected chi connectivity index (χ0v) is 4.55. The molecule has 0 rings (SSSR count). The smallest absolute Gasteiger partial charge is 0.0215 e. The highest BCUT2D eigenvalue weighted by Crippen LogP contribution is 1.31. The summed E-state index contributed by atoms with van der Waals surface area (Å²) in [4.78, 5) is 0. The molecule has 0 fully saturated rings. The van der Waals surface area contributed by atoms with E-state index in [1.165, 1.54) is 0 Å². The zero-order chi connectivity index (χ0) is 2.00. The number of hydrogen-bond acceptors (Lipinski definition) is 2. The van der Waals surface area contributed by atoms with Crippen molar-refractivity contribution in [1.82, 2.24) is 6.15 Å². The fraction of sp³-hybridized carbons (Fsp3) is 1.00. The Kier molecular flexibility index (Phi) is 337. The Morgan fingerprint density at radius 3 is 1.25 bits per heavy atom. The topological polar surface area (TPSA) is 35.0 Å². The number of thiol groups is 1. The largest absolute Gasteiger partial charge is 0.344 e. The summed E-state index contributed by atoms with van der Waals surface area (Å²) in [5.74, 6) is 0. The fourth-order valence-electron chi connectivity index (χ4n) is 0. The van der Waals surface area contributed by atoms with E-state index in [1.54, 1.807) is 6.26 Å². The molecule has 0 aliphatic rings. The summed E-state index contributed by atoms with van der Waals surface area (Å²) in [6.07, 6.45) is 1.69. The molecule has 0 bridgehead atoms. The Balaban J connectivity index is -0.00000000500. The van der Waals surface area contributed by atoms with Crippen molar-refractivity contribution in [1.29, 1.82) is 0 Å². The van der Waals surface area contributed by atoms with Crippen molar-refractivity contribution in [2.45, 2.75) is 0 Å². The standard InChI is InChI=1S/CH4S.H3N.H2S/c1-2;;/h2H,1H3;1H3;1H2. The van der Waals surface area contributed by atoms with E-state index < -0.39 is 0 Å². The van der Waals surface area contributed by atoms with Gasteiger partial charge in [0.1, 0.15) is 0 Å². The van der Waals surface area contributed by atoms with Crippen LogP contribution in [0.1, 0.15) is 0 Å². The van der Waals surface area contributed by atoms with E-state index >= 15 is 0 Å². The minimum atomic E-state index is 0. The summed E-state index contributed by atoms with van der Waals surface area (Å²) in [5, 5.41) is 0. The molecule has 4 heavy (non-hydrogen) atoms. The van der Waals surface area contributed by atoms with Gasteiger partial charge in [0.25, 0.3) is 0 Å². The molecule has 0 saturated carbocycles. The second-order valence-electron chi connectivity index (χ2n) is 0. The maximum atomic E-state index is 3.53. The van der Waals surface area contributed by atoms with Gasteiger partial charge < -0.3 is 6.15 Å². The monoisotopic (exact) mass is 99.0 g/mol. The van der Waals surface area contributed by atoms with Gasteiger partial charge in [-0.05, 0) is 6.26 Å². The van der Waals surface area contributed by atoms with Gasteiger partial charge in [0.2, 0.25) is 0 Å². The first-order valence-corrected chi connectivity index (χ1v) is 1.34. The van der Waals surface area contributed by atoms with E-state index in [1.807, 2.05) is 0 Å². The Morgan fingerprint density at radius 2 is 1.25 bits per heavy atom. The molecule has 0 unspecified atom stereocenters. The van der Waals surface area contributed by atoms with Gasteiger partial charge in [-0.3, -0.25) is 0 Å². The molecule has 0 atom stereocenters. The van der Waals surface area contributed by atoms with Crippen LogP contribution in [-0.4, -0.2) is 6.26 Å². The van der Waals surface area contributed by atoms with Crippen molar-refractivity contribution in [3.63, 3.8) is 0 Å². The lowest BCUT2D eigenvalue weighted by Crippen LogP contribution is -0.865. The van der Waals surface area contributed by atoms with E-state index in [0.717, 1.165) is 0 Å². The highest BCUT2D eigenvalue weighted by Gasteiger charge is 0.901. The van der Waals surface area contributed by atoms with E-state index in [2.05, 4.69) is 12.6 Å². The second-order valence-corrected chi connectivity index (χ2v) is 0. The van der Waals surface area contributed by atoms with Crippen LogP contribution in [0.5, 0.6) is 0 Å². The molecular weight excluding hydrogens is 90.2 g/mol. The average molecular weight is 99.2 g/mol. The average Bonchev–Trinajstić information content (AvgIpc) is 1.00. The fourth-order valence-corrected chi connectivity index (χ4v) is 0. The Bertz CT molecular complexity index is 6.00. The van der Waals surface area contributed by atoms with Gasteiger partial charge in [0, 0.05) is 0 Å². The first-order valence-electron chi connectivity index (χ1n) is 0.447.